The molecule has 18 heavy (non-hydrogen) atoms. The van der Waals surface area contributed by atoms with Crippen LogP contribution in [-0.4, -0.2) is 26.1 Å². The van der Waals surface area contributed by atoms with Gasteiger partial charge in [-0.05, 0) is 57.3 Å². The minimum atomic E-state index is 0.249. The highest BCUT2D eigenvalue weighted by atomic mass is 127. The molecule has 4 nitrogen and oxygen atoms in total. The molecule has 96 valence electrons. The second-order valence-electron chi connectivity index (χ2n) is 3.59. The average Bonchev–Trinajstić information content (AvgIpc) is 2.31. The van der Waals surface area contributed by atoms with Crippen LogP contribution in [0, 0.1) is 18.5 Å². The Hall–Kier alpha value is -0.690. The van der Waals surface area contributed by atoms with Gasteiger partial charge >= 0.3 is 0 Å². The monoisotopic (exact) mass is 470 g/mol. The number of nitrogens with zero attached hydrogens (tertiary/aromatic N) is 2. The fraction of sp³-hybridized carbons (Fsp3) is 0.250. The van der Waals surface area contributed by atoms with Crippen molar-refractivity contribution in [3.8, 4) is 17.6 Å². The van der Waals surface area contributed by atoms with E-state index in [2.05, 4.69) is 45.2 Å². The van der Waals surface area contributed by atoms with E-state index < -0.39 is 0 Å². The second kappa shape index (κ2) is 7.04. The second-order valence-corrected chi connectivity index (χ2v) is 5.91. The molecule has 0 N–H and O–H groups in total. The minimum absolute atomic E-state index is 0.249. The van der Waals surface area contributed by atoms with Gasteiger partial charge in [0.1, 0.15) is 17.6 Å². The normalized spacial score (nSPS) is 10.8. The van der Waals surface area contributed by atoms with Crippen molar-refractivity contribution in [1.82, 2.24) is 4.90 Å². The van der Waals surface area contributed by atoms with Gasteiger partial charge in [0.2, 0.25) is 5.76 Å². The van der Waals surface area contributed by atoms with E-state index in [1.165, 1.54) is 0 Å². The summed E-state index contributed by atoms with van der Waals surface area (Å²) in [7, 11) is 5.30. The van der Waals surface area contributed by atoms with Crippen LogP contribution in [0.1, 0.15) is 0 Å². The summed E-state index contributed by atoms with van der Waals surface area (Å²) in [5.74, 6) is 1.69. The summed E-state index contributed by atoms with van der Waals surface area (Å²) < 4.78 is 12.6. The van der Waals surface area contributed by atoms with Crippen molar-refractivity contribution in [2.45, 2.75) is 0 Å². The van der Waals surface area contributed by atoms with Crippen LogP contribution in [0.15, 0.2) is 24.1 Å². The Morgan fingerprint density at radius 1 is 1.28 bits per heavy atom. The third kappa shape index (κ3) is 4.20. The highest BCUT2D eigenvalue weighted by Crippen LogP contribution is 2.31. The van der Waals surface area contributed by atoms with Crippen LogP contribution >= 0.6 is 45.2 Å². The Labute approximate surface area is 134 Å². The lowest BCUT2D eigenvalue weighted by atomic mass is 10.3. The zero-order valence-corrected chi connectivity index (χ0v) is 14.5. The highest BCUT2D eigenvalue weighted by molar-refractivity contribution is 14.1. The van der Waals surface area contributed by atoms with Gasteiger partial charge in [-0.3, -0.25) is 0 Å². The SMILES string of the molecule is COc1cc(I)c(O/C(C#N)=C/N(C)C)cc1I. The molecule has 0 aliphatic rings. The van der Waals surface area contributed by atoms with E-state index in [4.69, 9.17) is 14.7 Å². The van der Waals surface area contributed by atoms with E-state index >= 15 is 0 Å². The smallest absolute Gasteiger partial charge is 0.219 e. The predicted molar refractivity (Wildman–Crippen MR) is 86.4 cm³/mol. The molecular formula is C12H12I2N2O2. The molecule has 0 spiro atoms. The molecular weight excluding hydrogens is 458 g/mol. The number of halogens is 2. The Kier molecular flexibility index (Phi) is 6.01. The molecule has 0 saturated carbocycles. The van der Waals surface area contributed by atoms with Crippen LogP contribution in [0.3, 0.4) is 0 Å². The Bertz CT molecular complexity index is 508. The van der Waals surface area contributed by atoms with Crippen LogP contribution < -0.4 is 9.47 Å². The largest absolute Gasteiger partial charge is 0.496 e. The molecule has 0 amide bonds. The van der Waals surface area contributed by atoms with Crippen LogP contribution in [0.5, 0.6) is 11.5 Å². The molecule has 0 saturated heterocycles. The summed E-state index contributed by atoms with van der Waals surface area (Å²) in [5, 5.41) is 9.00. The van der Waals surface area contributed by atoms with Gasteiger partial charge in [0.05, 0.1) is 20.5 Å². The summed E-state index contributed by atoms with van der Waals surface area (Å²) >= 11 is 4.32. The van der Waals surface area contributed by atoms with Crippen LogP contribution in [0.25, 0.3) is 0 Å². The first-order valence-electron chi connectivity index (χ1n) is 4.97. The molecule has 0 aromatic heterocycles. The molecule has 6 heteroatoms. The number of ether oxygens (including phenoxy) is 2. The quantitative estimate of drug-likeness (QED) is 0.386. The fourth-order valence-electron chi connectivity index (χ4n) is 1.18. The lowest BCUT2D eigenvalue weighted by Crippen LogP contribution is -2.06. The molecule has 0 aliphatic carbocycles. The Morgan fingerprint density at radius 3 is 2.33 bits per heavy atom. The van der Waals surface area contributed by atoms with Crippen molar-refractivity contribution in [2.75, 3.05) is 21.2 Å². The van der Waals surface area contributed by atoms with Crippen LogP contribution in [0.4, 0.5) is 0 Å². The fourth-order valence-corrected chi connectivity index (χ4v) is 2.38. The Morgan fingerprint density at radius 2 is 1.83 bits per heavy atom. The molecule has 0 radical (unpaired) electrons. The number of rotatable bonds is 4. The average molecular weight is 470 g/mol. The van der Waals surface area contributed by atoms with Gasteiger partial charge in [-0.15, -0.1) is 0 Å². The van der Waals surface area contributed by atoms with E-state index in [9.17, 15) is 0 Å². The van der Waals surface area contributed by atoms with E-state index in [0.717, 1.165) is 12.9 Å². The van der Waals surface area contributed by atoms with Gasteiger partial charge in [0, 0.05) is 14.1 Å². The summed E-state index contributed by atoms with van der Waals surface area (Å²) in [6, 6.07) is 5.74. The lowest BCUT2D eigenvalue weighted by molar-refractivity contribution is 0.403. The molecule has 0 unspecified atom stereocenters. The maximum atomic E-state index is 9.00. The first kappa shape index (κ1) is 15.4. The molecule has 0 fully saturated rings. The van der Waals surface area contributed by atoms with Gasteiger partial charge in [-0.1, -0.05) is 0 Å². The van der Waals surface area contributed by atoms with E-state index in [1.54, 1.807) is 18.2 Å². The highest BCUT2D eigenvalue weighted by Gasteiger charge is 2.10. The molecule has 0 aliphatic heterocycles. The Balaban J connectivity index is 3.05. The first-order chi connectivity index (χ1) is 8.47. The van der Waals surface area contributed by atoms with Crippen molar-refractivity contribution < 1.29 is 9.47 Å². The lowest BCUT2D eigenvalue weighted by Gasteiger charge is -2.11. The molecule has 1 rings (SSSR count). The number of hydrogen-bond donors (Lipinski definition) is 0. The molecule has 1 aromatic carbocycles. The van der Waals surface area contributed by atoms with Gasteiger partial charge in [0.25, 0.3) is 0 Å². The summed E-state index contributed by atoms with van der Waals surface area (Å²) in [5.41, 5.74) is 0. The maximum Gasteiger partial charge on any atom is 0.219 e. The summed E-state index contributed by atoms with van der Waals surface area (Å²) in [6.45, 7) is 0. The van der Waals surface area contributed by atoms with E-state index in [0.29, 0.717) is 5.75 Å². The van der Waals surface area contributed by atoms with Crippen molar-refractivity contribution in [1.29, 1.82) is 5.26 Å². The maximum absolute atomic E-state index is 9.00. The van der Waals surface area contributed by atoms with Crippen molar-refractivity contribution in [3.63, 3.8) is 0 Å². The topological polar surface area (TPSA) is 45.5 Å². The van der Waals surface area contributed by atoms with Crippen molar-refractivity contribution in [2.24, 2.45) is 0 Å². The molecule has 0 atom stereocenters. The van der Waals surface area contributed by atoms with Gasteiger partial charge in [0.15, 0.2) is 0 Å². The van der Waals surface area contributed by atoms with E-state index in [1.807, 2.05) is 32.3 Å². The standard InChI is InChI=1S/C12H12I2N2O2/c1-16(2)7-8(6-15)18-12-5-9(13)11(17-3)4-10(12)14/h4-5,7H,1-3H3/b8-7+. The number of methoxy groups -OCH3 is 1. The minimum Gasteiger partial charge on any atom is -0.496 e. The third-order valence-electron chi connectivity index (χ3n) is 1.91. The summed E-state index contributed by atoms with van der Waals surface area (Å²) in [4.78, 5) is 1.76. The molecule has 0 bridgehead atoms. The zero-order chi connectivity index (χ0) is 13.7. The van der Waals surface area contributed by atoms with Crippen molar-refractivity contribution >= 4 is 45.2 Å². The number of benzene rings is 1. The predicted octanol–water partition coefficient (Wildman–Crippen LogP) is 3.21. The number of hydrogen-bond acceptors (Lipinski definition) is 4. The van der Waals surface area contributed by atoms with Gasteiger partial charge in [-0.2, -0.15) is 5.26 Å². The van der Waals surface area contributed by atoms with Gasteiger partial charge in [-0.25, -0.2) is 0 Å². The molecule has 1 aromatic rings. The first-order valence-corrected chi connectivity index (χ1v) is 7.13. The van der Waals surface area contributed by atoms with Crippen LogP contribution in [0.2, 0.25) is 0 Å². The van der Waals surface area contributed by atoms with E-state index in [-0.39, 0.29) is 5.76 Å². The third-order valence-corrected chi connectivity index (χ3v) is 3.60. The zero-order valence-electron chi connectivity index (χ0n) is 10.2. The number of allylic oxidation sites excluding steroid dienone is 1. The molecule has 0 heterocycles. The van der Waals surface area contributed by atoms with Crippen molar-refractivity contribution in [3.05, 3.63) is 31.2 Å². The van der Waals surface area contributed by atoms with Crippen LogP contribution in [-0.2, 0) is 0 Å². The summed E-state index contributed by atoms with van der Waals surface area (Å²) in [6.07, 6.45) is 1.63. The number of nitriles is 1. The van der Waals surface area contributed by atoms with Gasteiger partial charge < -0.3 is 14.4 Å².